The molecule has 26 heteroatoms. The summed E-state index contributed by atoms with van der Waals surface area (Å²) in [6.07, 6.45) is -4.21. The fourth-order valence-electron chi connectivity index (χ4n) is 10.5. The number of nitrogens with one attached hydrogen (secondary N) is 3. The standard InChI is InChI=1S/C59H70F3N7O15S/c60-39-13-14-41(61)40(27-39)44-32-67(30-35-8-3-1-4-9-35)57(66-44)52(37-19-23-81-24-20-37)69(31-38-28-63-29-42(38)62)50(74)34-85-25-7-11-51(75)82-33-36-12-15-45(83-59-55(78)53(76)54(77)56(84-59)58(79)80)43(26-36)65-47(71)18-21-64-46(70)10-5-2-6-22-68-48(72)16-17-49(68)73/h1,3-4,8-9,12-17,26-27,32,37-38,42,52-56,59,63,76-78H,2,5-7,10-11,18-25,28-31,33-34H2,(H,64,70)(H,65,71)(H,79,80)/t38-,42-,52+,53-,54-,55+,56+,59-/m0/s1. The molecule has 7 N–H and O–H groups in total. The number of aliphatic hydroxyl groups excluding tert-OH is 3. The van der Waals surface area contributed by atoms with Gasteiger partial charge in [-0.2, -0.15) is 11.8 Å². The van der Waals surface area contributed by atoms with E-state index in [0.717, 1.165) is 28.7 Å². The Hall–Kier alpha value is -7.20. The molecule has 1 aromatic heterocycles. The van der Waals surface area contributed by atoms with Gasteiger partial charge in [-0.05, 0) is 85.2 Å². The Balaban J connectivity index is 0.889. The zero-order chi connectivity index (χ0) is 60.6. The summed E-state index contributed by atoms with van der Waals surface area (Å²) in [5, 5.41) is 49.2. The van der Waals surface area contributed by atoms with Crippen molar-refractivity contribution in [3.05, 3.63) is 114 Å². The average Bonchev–Trinajstić information content (AvgIpc) is 2.74. The first-order valence-electron chi connectivity index (χ1n) is 28.3. The average molecular weight is 1210 g/mol. The van der Waals surface area contributed by atoms with Gasteiger partial charge in [-0.3, -0.25) is 33.7 Å². The number of carbonyl (C=O) groups is 7. The molecule has 0 unspecified atom stereocenters. The van der Waals surface area contributed by atoms with E-state index in [0.29, 0.717) is 75.5 Å². The van der Waals surface area contributed by atoms with Crippen molar-refractivity contribution in [1.82, 2.24) is 30.0 Å². The van der Waals surface area contributed by atoms with Crippen molar-refractivity contribution in [1.29, 1.82) is 0 Å². The molecule has 0 saturated carbocycles. The summed E-state index contributed by atoms with van der Waals surface area (Å²) >= 11 is 1.28. The molecule has 458 valence electrons. The lowest BCUT2D eigenvalue weighted by Crippen LogP contribution is -2.61. The lowest BCUT2D eigenvalue weighted by molar-refractivity contribution is -0.271. The quantitative estimate of drug-likeness (QED) is 0.0228. The number of aromatic nitrogens is 2. The van der Waals surface area contributed by atoms with Crippen LogP contribution in [0, 0.1) is 23.5 Å². The van der Waals surface area contributed by atoms with E-state index >= 15 is 8.78 Å². The van der Waals surface area contributed by atoms with E-state index in [2.05, 4.69) is 16.0 Å². The summed E-state index contributed by atoms with van der Waals surface area (Å²) in [4.78, 5) is 96.8. The normalized spacial score (nSPS) is 21.9. The van der Waals surface area contributed by atoms with Crippen LogP contribution in [0.5, 0.6) is 5.75 Å². The van der Waals surface area contributed by atoms with Crippen LogP contribution in [-0.4, -0.2) is 176 Å². The Morgan fingerprint density at radius 2 is 1.62 bits per heavy atom. The van der Waals surface area contributed by atoms with Gasteiger partial charge in [-0.15, -0.1) is 0 Å². The Labute approximate surface area is 492 Å². The number of ether oxygens (including phenoxy) is 4. The van der Waals surface area contributed by atoms with Crippen LogP contribution >= 0.6 is 11.8 Å². The molecule has 4 aliphatic rings. The third-order valence-corrected chi connectivity index (χ3v) is 16.1. The molecule has 0 radical (unpaired) electrons. The van der Waals surface area contributed by atoms with E-state index in [4.69, 9.17) is 23.9 Å². The SMILES string of the molecule is O=C(CCCCCN1C(=O)C=CC1=O)NCCC(=O)Nc1cc(COC(=O)CCCSCC(=O)N(C[C@@H]2CNC[C@@H]2F)[C@@H](c2nc(-c3cc(F)ccc3F)cn2Cc2ccccc2)C2CCOCC2)ccc1O[C@H]1O[C@@H](C(=O)O)[C@@H](O)[C@H](O)[C@H]1O. The number of nitrogens with zero attached hydrogens (tertiary/aromatic N) is 4. The largest absolute Gasteiger partial charge is 0.479 e. The molecule has 5 amide bonds. The summed E-state index contributed by atoms with van der Waals surface area (Å²) in [6, 6.07) is 16.1. The summed E-state index contributed by atoms with van der Waals surface area (Å²) in [5.41, 5.74) is 1.30. The van der Waals surface area contributed by atoms with Gasteiger partial charge in [-0.25, -0.2) is 22.9 Å². The van der Waals surface area contributed by atoms with Crippen molar-refractivity contribution in [3.63, 3.8) is 0 Å². The molecule has 0 spiro atoms. The Morgan fingerprint density at radius 3 is 2.35 bits per heavy atom. The van der Waals surface area contributed by atoms with Crippen molar-refractivity contribution >= 4 is 58.9 Å². The van der Waals surface area contributed by atoms with Gasteiger partial charge in [0.15, 0.2) is 6.10 Å². The first kappa shape index (κ1) is 63.8. The number of carboxylic acids is 1. The van der Waals surface area contributed by atoms with Gasteiger partial charge in [0.05, 0.1) is 23.2 Å². The van der Waals surface area contributed by atoms with Crippen LogP contribution in [0.4, 0.5) is 18.9 Å². The Morgan fingerprint density at radius 1 is 0.859 bits per heavy atom. The Bertz CT molecular complexity index is 3010. The number of halogens is 3. The molecule has 8 rings (SSSR count). The summed E-state index contributed by atoms with van der Waals surface area (Å²) in [7, 11) is 0. The molecule has 0 bridgehead atoms. The van der Waals surface area contributed by atoms with Gasteiger partial charge in [-0.1, -0.05) is 42.8 Å². The third kappa shape index (κ3) is 17.5. The van der Waals surface area contributed by atoms with Crippen molar-refractivity contribution < 1.29 is 86.1 Å². The predicted octanol–water partition coefficient (Wildman–Crippen LogP) is 4.19. The number of anilines is 1. The van der Waals surface area contributed by atoms with Crippen molar-refractivity contribution in [2.24, 2.45) is 11.8 Å². The van der Waals surface area contributed by atoms with E-state index < -0.39 is 78.3 Å². The summed E-state index contributed by atoms with van der Waals surface area (Å²) in [5.74, 6) is -5.79. The number of unbranched alkanes of at least 4 members (excludes halogenated alkanes) is 2. The number of thioether (sulfide) groups is 1. The fourth-order valence-corrected chi connectivity index (χ4v) is 11.3. The predicted molar refractivity (Wildman–Crippen MR) is 301 cm³/mol. The van der Waals surface area contributed by atoms with E-state index in [-0.39, 0.29) is 116 Å². The number of aliphatic carboxylic acids is 1. The van der Waals surface area contributed by atoms with Crippen LogP contribution in [0.1, 0.15) is 80.8 Å². The maximum Gasteiger partial charge on any atom is 0.335 e. The summed E-state index contributed by atoms with van der Waals surface area (Å²) < 4.78 is 69.8. The number of rotatable bonds is 29. The highest BCUT2D eigenvalue weighted by Gasteiger charge is 2.48. The lowest BCUT2D eigenvalue weighted by atomic mass is 9.88. The Kier molecular flexibility index (Phi) is 23.1. The number of esters is 1. The van der Waals surface area contributed by atoms with Gasteiger partial charge in [0, 0.05) is 102 Å². The van der Waals surface area contributed by atoms with Crippen molar-refractivity contribution in [3.8, 4) is 17.0 Å². The molecule has 3 fully saturated rings. The van der Waals surface area contributed by atoms with E-state index in [1.165, 1.54) is 42.1 Å². The highest BCUT2D eigenvalue weighted by Crippen LogP contribution is 2.39. The van der Waals surface area contributed by atoms with Gasteiger partial charge < -0.3 is 64.8 Å². The lowest BCUT2D eigenvalue weighted by Gasteiger charge is -2.40. The molecule has 4 aliphatic heterocycles. The number of aliphatic hydroxyl groups is 3. The van der Waals surface area contributed by atoms with Crippen LogP contribution in [0.3, 0.4) is 0 Å². The van der Waals surface area contributed by atoms with Crippen molar-refractivity contribution in [2.45, 2.75) is 114 Å². The van der Waals surface area contributed by atoms with Crippen LogP contribution < -0.4 is 20.7 Å². The fraction of sp³-hybridized carbons (Fsp3) is 0.492. The van der Waals surface area contributed by atoms with Crippen LogP contribution in [0.25, 0.3) is 11.3 Å². The number of benzene rings is 3. The minimum absolute atomic E-state index is 0.0432. The molecule has 3 saturated heterocycles. The number of hydrogen-bond acceptors (Lipinski definition) is 17. The second kappa shape index (κ2) is 30.7. The molecule has 22 nitrogen and oxygen atoms in total. The van der Waals surface area contributed by atoms with E-state index in [9.17, 15) is 58.4 Å². The van der Waals surface area contributed by atoms with Crippen molar-refractivity contribution in [2.75, 3.05) is 62.8 Å². The highest BCUT2D eigenvalue weighted by atomic mass is 32.2. The number of imide groups is 1. The second-order valence-corrected chi connectivity index (χ2v) is 22.3. The minimum Gasteiger partial charge on any atom is -0.479 e. The smallest absolute Gasteiger partial charge is 0.335 e. The monoisotopic (exact) mass is 1210 g/mol. The topological polar surface area (TPSA) is 298 Å². The van der Waals surface area contributed by atoms with Gasteiger partial charge >= 0.3 is 11.9 Å². The van der Waals surface area contributed by atoms with E-state index in [1.807, 2.05) is 34.9 Å². The molecular formula is C59H70F3N7O15S. The van der Waals surface area contributed by atoms with E-state index in [1.54, 1.807) is 11.1 Å². The highest BCUT2D eigenvalue weighted by molar-refractivity contribution is 7.99. The number of carbonyl (C=O) groups excluding carboxylic acids is 6. The van der Waals surface area contributed by atoms with Crippen LogP contribution in [0.15, 0.2) is 85.1 Å². The molecule has 4 aromatic rings. The zero-order valence-corrected chi connectivity index (χ0v) is 47.3. The molecule has 85 heavy (non-hydrogen) atoms. The molecule has 5 heterocycles. The minimum atomic E-state index is -2.00. The molecule has 0 aliphatic carbocycles. The van der Waals surface area contributed by atoms with Crippen LogP contribution in [0.2, 0.25) is 0 Å². The number of carboxylic acid groups (broad SMARTS) is 1. The third-order valence-electron chi connectivity index (χ3n) is 15.1. The first-order chi connectivity index (χ1) is 40.9. The molecule has 8 atom stereocenters. The zero-order valence-electron chi connectivity index (χ0n) is 46.5. The summed E-state index contributed by atoms with van der Waals surface area (Å²) in [6.45, 7) is 1.45. The maximum absolute atomic E-state index is 15.5. The number of amides is 5. The first-order valence-corrected chi connectivity index (χ1v) is 29.4. The number of imidazole rings is 1. The van der Waals surface area contributed by atoms with Gasteiger partial charge in [0.1, 0.15) is 54.3 Å². The number of alkyl halides is 1. The van der Waals surface area contributed by atoms with Gasteiger partial charge in [0.2, 0.25) is 24.0 Å². The van der Waals surface area contributed by atoms with Gasteiger partial charge in [0.25, 0.3) is 11.8 Å². The molecule has 3 aromatic carbocycles. The number of hydrogen-bond donors (Lipinski definition) is 7. The van der Waals surface area contributed by atoms with Crippen LogP contribution in [-0.2, 0) is 60.9 Å². The maximum atomic E-state index is 15.5. The molecular weight excluding hydrogens is 1140 g/mol. The second-order valence-electron chi connectivity index (χ2n) is 21.2.